The van der Waals surface area contributed by atoms with Gasteiger partial charge in [-0.25, -0.2) is 4.98 Å². The van der Waals surface area contributed by atoms with E-state index in [4.69, 9.17) is 10.5 Å². The van der Waals surface area contributed by atoms with E-state index in [0.717, 1.165) is 19.4 Å². The molecule has 1 aliphatic heterocycles. The molecule has 0 radical (unpaired) electrons. The summed E-state index contributed by atoms with van der Waals surface area (Å²) < 4.78 is 5.48. The minimum Gasteiger partial charge on any atom is -0.473 e. The van der Waals surface area contributed by atoms with Crippen molar-refractivity contribution >= 4 is 17.4 Å². The molecular weight excluding hydrogens is 246 g/mol. The van der Waals surface area contributed by atoms with Crippen molar-refractivity contribution in [2.24, 2.45) is 0 Å². The molecule has 1 unspecified atom stereocenters. The second-order valence-electron chi connectivity index (χ2n) is 4.74. The lowest BCUT2D eigenvalue weighted by Gasteiger charge is -2.24. The van der Waals surface area contributed by atoms with Crippen molar-refractivity contribution in [1.82, 2.24) is 15.3 Å². The molecule has 0 spiro atoms. The highest BCUT2D eigenvalue weighted by atomic mass is 16.5. The Hall–Kier alpha value is -2.05. The van der Waals surface area contributed by atoms with Crippen LogP contribution in [0.5, 0.6) is 5.88 Å². The topological polar surface area (TPSA) is 102 Å². The second kappa shape index (κ2) is 5.73. The van der Waals surface area contributed by atoms with Crippen LogP contribution >= 0.6 is 0 Å². The molecule has 2 rings (SSSR count). The zero-order chi connectivity index (χ0) is 13.8. The molecule has 1 aliphatic rings. The molecule has 4 N–H and O–H groups in total. The lowest BCUT2D eigenvalue weighted by molar-refractivity contribution is -0.123. The minimum absolute atomic E-state index is 0.0250. The van der Waals surface area contributed by atoms with E-state index in [9.17, 15) is 4.79 Å². The van der Waals surface area contributed by atoms with Crippen LogP contribution in [0, 0.1) is 0 Å². The number of aromatic nitrogens is 2. The van der Waals surface area contributed by atoms with E-state index < -0.39 is 0 Å². The number of nitrogens with two attached hydrogens (primary N) is 1. The third kappa shape index (κ3) is 3.24. The fourth-order valence-corrected chi connectivity index (χ4v) is 1.89. The van der Waals surface area contributed by atoms with Crippen LogP contribution in [-0.4, -0.2) is 34.6 Å². The van der Waals surface area contributed by atoms with Gasteiger partial charge in [-0.05, 0) is 26.7 Å². The van der Waals surface area contributed by atoms with E-state index >= 15 is 0 Å². The van der Waals surface area contributed by atoms with Crippen LogP contribution in [0.2, 0.25) is 0 Å². The molecule has 1 saturated heterocycles. The van der Waals surface area contributed by atoms with Gasteiger partial charge in [0.2, 0.25) is 11.8 Å². The number of piperidine rings is 1. The molecule has 7 heteroatoms. The number of nitrogen functional groups attached to an aromatic ring is 1. The third-order valence-corrected chi connectivity index (χ3v) is 2.79. The van der Waals surface area contributed by atoms with Gasteiger partial charge in [0.05, 0.1) is 6.10 Å². The summed E-state index contributed by atoms with van der Waals surface area (Å²) in [6.45, 7) is 4.50. The molecule has 1 atom stereocenters. The summed E-state index contributed by atoms with van der Waals surface area (Å²) in [5.74, 6) is 0.743. The van der Waals surface area contributed by atoms with Crippen molar-refractivity contribution in [3.63, 3.8) is 0 Å². The zero-order valence-electron chi connectivity index (χ0n) is 11.1. The molecule has 7 nitrogen and oxygen atoms in total. The van der Waals surface area contributed by atoms with Gasteiger partial charge in [-0.3, -0.25) is 4.79 Å². The number of carbonyl (C=O) groups is 1. The molecule has 104 valence electrons. The molecule has 1 aromatic heterocycles. The van der Waals surface area contributed by atoms with Crippen molar-refractivity contribution in [3.8, 4) is 5.88 Å². The summed E-state index contributed by atoms with van der Waals surface area (Å²) in [6.07, 6.45) is 3.04. The first-order valence-corrected chi connectivity index (χ1v) is 6.39. The largest absolute Gasteiger partial charge is 0.473 e. The Balaban J connectivity index is 2.13. The molecule has 1 amide bonds. The number of hydrogen-bond acceptors (Lipinski definition) is 6. The van der Waals surface area contributed by atoms with Gasteiger partial charge in [0.1, 0.15) is 18.1 Å². The smallest absolute Gasteiger partial charge is 0.242 e. The van der Waals surface area contributed by atoms with Gasteiger partial charge in [0.25, 0.3) is 0 Å². The number of nitrogens with zero attached hydrogens (tertiary/aromatic N) is 2. The van der Waals surface area contributed by atoms with Crippen molar-refractivity contribution < 1.29 is 9.53 Å². The van der Waals surface area contributed by atoms with E-state index in [1.54, 1.807) is 0 Å². The van der Waals surface area contributed by atoms with Crippen LogP contribution in [-0.2, 0) is 4.79 Å². The van der Waals surface area contributed by atoms with E-state index in [1.807, 2.05) is 13.8 Å². The predicted molar refractivity (Wildman–Crippen MR) is 71.9 cm³/mol. The van der Waals surface area contributed by atoms with E-state index in [-0.39, 0.29) is 18.1 Å². The van der Waals surface area contributed by atoms with Crippen molar-refractivity contribution in [2.75, 3.05) is 17.6 Å². The molecular formula is C12H19N5O2. The molecule has 0 aliphatic carbocycles. The Bertz CT molecular complexity index is 463. The van der Waals surface area contributed by atoms with Crippen LogP contribution in [0.4, 0.5) is 11.5 Å². The lowest BCUT2D eigenvalue weighted by Crippen LogP contribution is -2.44. The maximum Gasteiger partial charge on any atom is 0.242 e. The summed E-state index contributed by atoms with van der Waals surface area (Å²) in [5, 5.41) is 5.85. The monoisotopic (exact) mass is 265 g/mol. The molecule has 0 aromatic carbocycles. The summed E-state index contributed by atoms with van der Waals surface area (Å²) in [7, 11) is 0. The molecule has 19 heavy (non-hydrogen) atoms. The second-order valence-corrected chi connectivity index (χ2v) is 4.74. The first kappa shape index (κ1) is 13.4. The van der Waals surface area contributed by atoms with Gasteiger partial charge in [0.15, 0.2) is 5.82 Å². The Morgan fingerprint density at radius 2 is 2.32 bits per heavy atom. The van der Waals surface area contributed by atoms with E-state index in [1.165, 1.54) is 6.33 Å². The quantitative estimate of drug-likeness (QED) is 0.734. The van der Waals surface area contributed by atoms with Crippen LogP contribution in [0.3, 0.4) is 0 Å². The number of nitrogens with one attached hydrogen (secondary N) is 2. The first-order chi connectivity index (χ1) is 9.08. The van der Waals surface area contributed by atoms with Crippen LogP contribution < -0.4 is 21.1 Å². The number of carbonyl (C=O) groups excluding carboxylic acids is 1. The normalized spacial score (nSPS) is 19.1. The summed E-state index contributed by atoms with van der Waals surface area (Å²) >= 11 is 0. The maximum atomic E-state index is 11.7. The van der Waals surface area contributed by atoms with Gasteiger partial charge in [-0.15, -0.1) is 0 Å². The highest BCUT2D eigenvalue weighted by Gasteiger charge is 2.23. The number of ether oxygens (including phenoxy) is 1. The molecule has 0 saturated carbocycles. The van der Waals surface area contributed by atoms with Crippen molar-refractivity contribution in [2.45, 2.75) is 38.8 Å². The van der Waals surface area contributed by atoms with Crippen LogP contribution in [0.1, 0.15) is 26.7 Å². The molecule has 2 heterocycles. The van der Waals surface area contributed by atoms with Crippen LogP contribution in [0.25, 0.3) is 0 Å². The van der Waals surface area contributed by atoms with Crippen molar-refractivity contribution in [1.29, 1.82) is 0 Å². The maximum absolute atomic E-state index is 11.7. The van der Waals surface area contributed by atoms with E-state index in [0.29, 0.717) is 17.4 Å². The number of amides is 1. The number of hydrogen-bond donors (Lipinski definition) is 3. The molecule has 1 fully saturated rings. The Morgan fingerprint density at radius 1 is 1.53 bits per heavy atom. The average Bonchev–Trinajstić information content (AvgIpc) is 2.36. The van der Waals surface area contributed by atoms with Gasteiger partial charge < -0.3 is 21.1 Å². The zero-order valence-corrected chi connectivity index (χ0v) is 11.1. The van der Waals surface area contributed by atoms with Crippen LogP contribution in [0.15, 0.2) is 6.33 Å². The van der Waals surface area contributed by atoms with Gasteiger partial charge in [-0.2, -0.15) is 4.98 Å². The number of rotatable bonds is 4. The predicted octanol–water partition coefficient (Wildman–Crippen LogP) is 0.536. The fourth-order valence-electron chi connectivity index (χ4n) is 1.89. The Morgan fingerprint density at radius 3 is 3.00 bits per heavy atom. The fraction of sp³-hybridized carbons (Fsp3) is 0.583. The molecule has 0 bridgehead atoms. The summed E-state index contributed by atoms with van der Waals surface area (Å²) in [5.41, 5.74) is 6.28. The van der Waals surface area contributed by atoms with Gasteiger partial charge >= 0.3 is 0 Å². The Labute approximate surface area is 111 Å². The summed E-state index contributed by atoms with van der Waals surface area (Å²) in [4.78, 5) is 19.7. The Kier molecular flexibility index (Phi) is 4.03. The summed E-state index contributed by atoms with van der Waals surface area (Å²) in [6, 6.07) is -0.308. The minimum atomic E-state index is -0.308. The van der Waals surface area contributed by atoms with Gasteiger partial charge in [0, 0.05) is 6.54 Å². The standard InChI is InChI=1S/C12H19N5O2/c1-7(2)19-12-9(13)10(15-6-16-12)17-8-4-3-5-14-11(8)18/h6-8H,3-5,13H2,1-2H3,(H,14,18)(H,15,16,17). The SMILES string of the molecule is CC(C)Oc1ncnc(NC2CCCNC2=O)c1N. The number of anilines is 2. The van der Waals surface area contributed by atoms with Crippen molar-refractivity contribution in [3.05, 3.63) is 6.33 Å². The lowest BCUT2D eigenvalue weighted by atomic mass is 10.1. The highest BCUT2D eigenvalue weighted by molar-refractivity contribution is 5.86. The van der Waals surface area contributed by atoms with Gasteiger partial charge in [-0.1, -0.05) is 0 Å². The average molecular weight is 265 g/mol. The first-order valence-electron chi connectivity index (χ1n) is 6.39. The highest BCUT2D eigenvalue weighted by Crippen LogP contribution is 2.26. The van der Waals surface area contributed by atoms with E-state index in [2.05, 4.69) is 20.6 Å². The molecule has 1 aromatic rings. The third-order valence-electron chi connectivity index (χ3n) is 2.79.